The highest BCUT2D eigenvalue weighted by molar-refractivity contribution is 7.91. The number of rotatable bonds is 0. The van der Waals surface area contributed by atoms with Gasteiger partial charge >= 0.3 is 0 Å². The SMILES string of the molecule is O=S1(=O)c2ccc(cc2)CCCCc2cc1ccc2O. The Morgan fingerprint density at radius 1 is 0.850 bits per heavy atom. The second kappa shape index (κ2) is 4.94. The molecule has 2 aromatic rings. The van der Waals surface area contributed by atoms with Crippen molar-refractivity contribution in [2.24, 2.45) is 0 Å². The van der Waals surface area contributed by atoms with Crippen LogP contribution in [0.1, 0.15) is 24.0 Å². The molecule has 0 unspecified atom stereocenters. The van der Waals surface area contributed by atoms with E-state index < -0.39 is 9.84 Å². The van der Waals surface area contributed by atoms with Gasteiger partial charge in [-0.25, -0.2) is 8.42 Å². The van der Waals surface area contributed by atoms with Gasteiger partial charge in [0.15, 0.2) is 0 Å². The maximum Gasteiger partial charge on any atom is 0.206 e. The van der Waals surface area contributed by atoms with E-state index in [1.54, 1.807) is 18.2 Å². The molecule has 2 heterocycles. The highest BCUT2D eigenvalue weighted by Crippen LogP contribution is 2.28. The lowest BCUT2D eigenvalue weighted by atomic mass is 10.0. The summed E-state index contributed by atoms with van der Waals surface area (Å²) in [6.07, 6.45) is 3.58. The van der Waals surface area contributed by atoms with Crippen molar-refractivity contribution in [3.63, 3.8) is 0 Å². The molecule has 0 saturated heterocycles. The van der Waals surface area contributed by atoms with E-state index in [-0.39, 0.29) is 10.6 Å². The molecule has 0 aliphatic carbocycles. The van der Waals surface area contributed by atoms with E-state index >= 15 is 0 Å². The fourth-order valence-corrected chi connectivity index (χ4v) is 3.86. The molecule has 0 amide bonds. The van der Waals surface area contributed by atoms with E-state index in [0.717, 1.165) is 24.8 Å². The van der Waals surface area contributed by atoms with Crippen molar-refractivity contribution in [3.05, 3.63) is 53.6 Å². The molecule has 0 saturated carbocycles. The van der Waals surface area contributed by atoms with Crippen molar-refractivity contribution >= 4 is 9.84 Å². The van der Waals surface area contributed by atoms with Crippen LogP contribution >= 0.6 is 0 Å². The molecule has 104 valence electrons. The van der Waals surface area contributed by atoms with Gasteiger partial charge in [-0.3, -0.25) is 0 Å². The monoisotopic (exact) mass is 288 g/mol. The van der Waals surface area contributed by atoms with Crippen molar-refractivity contribution in [2.75, 3.05) is 0 Å². The second-order valence-electron chi connectivity index (χ2n) is 5.15. The number of sulfone groups is 1. The van der Waals surface area contributed by atoms with E-state index in [0.29, 0.717) is 16.9 Å². The van der Waals surface area contributed by atoms with Crippen molar-refractivity contribution in [3.8, 4) is 5.75 Å². The molecule has 0 atom stereocenters. The zero-order chi connectivity index (χ0) is 14.2. The van der Waals surface area contributed by atoms with Gasteiger partial charge < -0.3 is 5.11 Å². The number of aromatic hydroxyl groups is 1. The summed E-state index contributed by atoms with van der Waals surface area (Å²) in [6.45, 7) is 0. The number of aryl methyl sites for hydroxylation is 2. The van der Waals surface area contributed by atoms with Crippen LogP contribution in [0.4, 0.5) is 0 Å². The van der Waals surface area contributed by atoms with Crippen molar-refractivity contribution in [1.82, 2.24) is 0 Å². The summed E-state index contributed by atoms with van der Waals surface area (Å²) < 4.78 is 25.1. The first-order valence-corrected chi connectivity index (χ1v) is 8.21. The number of fused-ring (bicyclic) bond motifs is 5. The lowest BCUT2D eigenvalue weighted by molar-refractivity contribution is 0.466. The minimum atomic E-state index is -3.50. The van der Waals surface area contributed by atoms with E-state index in [9.17, 15) is 13.5 Å². The normalized spacial score (nSPS) is 17.2. The van der Waals surface area contributed by atoms with Crippen molar-refractivity contribution in [2.45, 2.75) is 35.5 Å². The molecule has 3 nitrogen and oxygen atoms in total. The van der Waals surface area contributed by atoms with Crippen LogP contribution < -0.4 is 0 Å². The summed E-state index contributed by atoms with van der Waals surface area (Å²) in [7, 11) is -3.50. The smallest absolute Gasteiger partial charge is 0.206 e. The molecule has 20 heavy (non-hydrogen) atoms. The Morgan fingerprint density at radius 3 is 2.25 bits per heavy atom. The highest BCUT2D eigenvalue weighted by Gasteiger charge is 2.19. The lowest BCUT2D eigenvalue weighted by Gasteiger charge is -2.11. The number of phenols is 1. The predicted molar refractivity (Wildman–Crippen MR) is 76.6 cm³/mol. The molecule has 0 spiro atoms. The maximum atomic E-state index is 12.5. The summed E-state index contributed by atoms with van der Waals surface area (Å²) in [5.74, 6) is 0.176. The fraction of sp³-hybridized carbons (Fsp3) is 0.250. The largest absolute Gasteiger partial charge is 0.508 e. The average molecular weight is 288 g/mol. The maximum absolute atomic E-state index is 12.5. The van der Waals surface area contributed by atoms with E-state index in [1.165, 1.54) is 12.1 Å². The topological polar surface area (TPSA) is 54.4 Å². The molecule has 4 heteroatoms. The minimum Gasteiger partial charge on any atom is -0.508 e. The van der Waals surface area contributed by atoms with Crippen LogP contribution in [0.15, 0.2) is 52.3 Å². The molecule has 0 aromatic heterocycles. The summed E-state index contributed by atoms with van der Waals surface area (Å²) >= 11 is 0. The van der Waals surface area contributed by atoms with Crippen LogP contribution in [-0.4, -0.2) is 13.5 Å². The summed E-state index contributed by atoms with van der Waals surface area (Å²) in [4.78, 5) is 0.553. The van der Waals surface area contributed by atoms with Gasteiger partial charge in [0.25, 0.3) is 0 Å². The van der Waals surface area contributed by atoms with Gasteiger partial charge in [0.2, 0.25) is 9.84 Å². The summed E-state index contributed by atoms with van der Waals surface area (Å²) in [5, 5.41) is 9.84. The average Bonchev–Trinajstić information content (AvgIpc) is 2.44. The van der Waals surface area contributed by atoms with Crippen LogP contribution in [-0.2, 0) is 22.7 Å². The van der Waals surface area contributed by atoms with Crippen molar-refractivity contribution in [1.29, 1.82) is 0 Å². The lowest BCUT2D eigenvalue weighted by Crippen LogP contribution is -2.04. The zero-order valence-electron chi connectivity index (χ0n) is 11.0. The standard InChI is InChI=1S/C16H16O3S/c17-16-10-9-15-11-13(16)4-2-1-3-12-5-7-14(8-6-12)20(15,18)19/h5-11,17H,1-4H2. The van der Waals surface area contributed by atoms with Crippen LogP contribution in [0.5, 0.6) is 5.75 Å². The fourth-order valence-electron chi connectivity index (χ4n) is 2.55. The Bertz CT molecular complexity index is 731. The van der Waals surface area contributed by atoms with Gasteiger partial charge in [0.05, 0.1) is 9.79 Å². The van der Waals surface area contributed by atoms with Crippen LogP contribution in [0.25, 0.3) is 0 Å². The first kappa shape index (κ1) is 13.2. The van der Waals surface area contributed by atoms with E-state index in [4.69, 9.17) is 0 Å². The van der Waals surface area contributed by atoms with E-state index in [1.807, 2.05) is 12.1 Å². The molecule has 2 aliphatic rings. The van der Waals surface area contributed by atoms with Gasteiger partial charge in [-0.05, 0) is 67.1 Å². The van der Waals surface area contributed by atoms with Crippen molar-refractivity contribution < 1.29 is 13.5 Å². The van der Waals surface area contributed by atoms with Gasteiger partial charge in [-0.2, -0.15) is 0 Å². The third kappa shape index (κ3) is 2.31. The number of benzene rings is 2. The molecule has 2 aliphatic heterocycles. The van der Waals surface area contributed by atoms with Gasteiger partial charge in [0.1, 0.15) is 5.75 Å². The van der Waals surface area contributed by atoms with Crippen LogP contribution in [0, 0.1) is 0 Å². The highest BCUT2D eigenvalue weighted by atomic mass is 32.2. The van der Waals surface area contributed by atoms with Gasteiger partial charge in [-0.1, -0.05) is 12.1 Å². The number of hydrogen-bond donors (Lipinski definition) is 1. The molecule has 1 N–H and O–H groups in total. The second-order valence-corrected chi connectivity index (χ2v) is 7.09. The Kier molecular flexibility index (Phi) is 3.26. The van der Waals surface area contributed by atoms with E-state index in [2.05, 4.69) is 0 Å². The molecule has 4 bridgehead atoms. The Labute approximate surface area is 118 Å². The van der Waals surface area contributed by atoms with Crippen LogP contribution in [0.3, 0.4) is 0 Å². The summed E-state index contributed by atoms with van der Waals surface area (Å²) in [5.41, 5.74) is 1.86. The Morgan fingerprint density at radius 2 is 1.50 bits per heavy atom. The van der Waals surface area contributed by atoms with Crippen LogP contribution in [0.2, 0.25) is 0 Å². The number of hydrogen-bond acceptors (Lipinski definition) is 3. The predicted octanol–water partition coefficient (Wildman–Crippen LogP) is 3.10. The Balaban J connectivity index is 2.20. The third-order valence-electron chi connectivity index (χ3n) is 3.76. The quantitative estimate of drug-likeness (QED) is 0.810. The summed E-state index contributed by atoms with van der Waals surface area (Å²) in [6, 6.07) is 11.6. The first-order chi connectivity index (χ1) is 9.57. The molecule has 0 fully saturated rings. The first-order valence-electron chi connectivity index (χ1n) is 6.73. The van der Waals surface area contributed by atoms with Gasteiger partial charge in [-0.15, -0.1) is 0 Å². The third-order valence-corrected chi connectivity index (χ3v) is 5.52. The molecule has 4 rings (SSSR count). The molecule has 2 aromatic carbocycles. The molecular formula is C16H16O3S. The minimum absolute atomic E-state index is 0.176. The molecular weight excluding hydrogens is 272 g/mol. The Hall–Kier alpha value is -1.81. The zero-order valence-corrected chi connectivity index (χ0v) is 11.9. The van der Waals surface area contributed by atoms with Gasteiger partial charge in [0, 0.05) is 0 Å². The number of phenolic OH excluding ortho intramolecular Hbond substituents is 1. The molecule has 0 radical (unpaired) electrons.